The van der Waals surface area contributed by atoms with Gasteiger partial charge < -0.3 is 4.90 Å². The minimum atomic E-state index is 0.0874. The Morgan fingerprint density at radius 1 is 1.27 bits per heavy atom. The second-order valence-corrected chi connectivity index (χ2v) is 4.37. The number of amides is 1. The van der Waals surface area contributed by atoms with E-state index >= 15 is 0 Å². The zero-order valence-corrected chi connectivity index (χ0v) is 9.36. The summed E-state index contributed by atoms with van der Waals surface area (Å²) in [5, 5.41) is 0. The third kappa shape index (κ3) is 2.04. The predicted octanol–water partition coefficient (Wildman–Crippen LogP) is 2.33. The van der Waals surface area contributed by atoms with Crippen molar-refractivity contribution in [2.24, 2.45) is 0 Å². The van der Waals surface area contributed by atoms with Gasteiger partial charge in [-0.05, 0) is 25.3 Å². The van der Waals surface area contributed by atoms with Crippen molar-refractivity contribution in [2.75, 3.05) is 13.6 Å². The van der Waals surface area contributed by atoms with Crippen molar-refractivity contribution in [1.29, 1.82) is 0 Å². The van der Waals surface area contributed by atoms with Crippen molar-refractivity contribution in [2.45, 2.75) is 25.7 Å². The molecule has 80 valence electrons. The average molecular weight is 203 g/mol. The topological polar surface area (TPSA) is 20.3 Å². The third-order valence-corrected chi connectivity index (χ3v) is 3.14. The first-order chi connectivity index (χ1) is 7.18. The highest BCUT2D eigenvalue weighted by Gasteiger charge is 2.27. The Morgan fingerprint density at radius 2 is 1.93 bits per heavy atom. The van der Waals surface area contributed by atoms with Gasteiger partial charge in [0.15, 0.2) is 0 Å². The molecule has 1 atom stereocenters. The van der Waals surface area contributed by atoms with Crippen LogP contribution in [0.25, 0.3) is 0 Å². The molecule has 2 rings (SSSR count). The molecular formula is C13H17NO. The molecule has 15 heavy (non-hydrogen) atoms. The fraction of sp³-hybridized carbons (Fsp3) is 0.462. The molecule has 0 aliphatic carbocycles. The number of rotatable bonds is 1. The summed E-state index contributed by atoms with van der Waals surface area (Å²) in [5.41, 5.74) is 2.41. The third-order valence-electron chi connectivity index (χ3n) is 3.14. The number of aryl methyl sites for hydroxylation is 1. The lowest BCUT2D eigenvalue weighted by molar-refractivity contribution is -0.133. The van der Waals surface area contributed by atoms with E-state index in [1.165, 1.54) is 5.56 Å². The Morgan fingerprint density at radius 3 is 2.60 bits per heavy atom. The van der Waals surface area contributed by atoms with Gasteiger partial charge in [0.05, 0.1) is 5.92 Å². The molecule has 1 aliphatic heterocycles. The van der Waals surface area contributed by atoms with E-state index < -0.39 is 0 Å². The van der Waals surface area contributed by atoms with E-state index in [2.05, 4.69) is 31.2 Å². The summed E-state index contributed by atoms with van der Waals surface area (Å²) in [6, 6.07) is 8.32. The summed E-state index contributed by atoms with van der Waals surface area (Å²) in [6.45, 7) is 2.97. The number of nitrogens with zero attached hydrogens (tertiary/aromatic N) is 1. The van der Waals surface area contributed by atoms with E-state index in [1.807, 2.05) is 11.9 Å². The largest absolute Gasteiger partial charge is 0.345 e. The molecule has 1 unspecified atom stereocenters. The average Bonchev–Trinajstić information content (AvgIpc) is 2.24. The molecule has 1 amide bonds. The van der Waals surface area contributed by atoms with Gasteiger partial charge in [-0.3, -0.25) is 4.79 Å². The van der Waals surface area contributed by atoms with Crippen molar-refractivity contribution in [3.05, 3.63) is 35.4 Å². The first kappa shape index (κ1) is 10.2. The molecule has 0 radical (unpaired) electrons. The van der Waals surface area contributed by atoms with E-state index in [0.717, 1.165) is 24.9 Å². The normalized spacial score (nSPS) is 21.9. The van der Waals surface area contributed by atoms with Gasteiger partial charge in [-0.15, -0.1) is 0 Å². The number of carbonyl (C=O) groups excluding carboxylic acids is 1. The second-order valence-electron chi connectivity index (χ2n) is 4.37. The van der Waals surface area contributed by atoms with Crippen LogP contribution in [0.15, 0.2) is 24.3 Å². The molecule has 0 N–H and O–H groups in total. The van der Waals surface area contributed by atoms with Crippen LogP contribution in [-0.2, 0) is 4.79 Å². The van der Waals surface area contributed by atoms with Gasteiger partial charge in [0.2, 0.25) is 5.91 Å². The summed E-state index contributed by atoms with van der Waals surface area (Å²) >= 11 is 0. The fourth-order valence-electron chi connectivity index (χ4n) is 2.14. The van der Waals surface area contributed by atoms with Crippen molar-refractivity contribution >= 4 is 5.91 Å². The maximum Gasteiger partial charge on any atom is 0.229 e. The minimum absolute atomic E-state index is 0.0874. The molecule has 0 bridgehead atoms. The van der Waals surface area contributed by atoms with Crippen LogP contribution >= 0.6 is 0 Å². The van der Waals surface area contributed by atoms with Gasteiger partial charge in [0.25, 0.3) is 0 Å². The number of carbonyl (C=O) groups is 1. The molecule has 0 spiro atoms. The Labute approximate surface area is 90.9 Å². The highest BCUT2D eigenvalue weighted by atomic mass is 16.2. The zero-order valence-electron chi connectivity index (χ0n) is 9.36. The SMILES string of the molecule is Cc1ccc(C2CCCN(C)C2=O)cc1. The molecule has 1 aliphatic rings. The van der Waals surface area contributed by atoms with E-state index in [9.17, 15) is 4.79 Å². The Hall–Kier alpha value is -1.31. The first-order valence-corrected chi connectivity index (χ1v) is 5.50. The van der Waals surface area contributed by atoms with Crippen LogP contribution < -0.4 is 0 Å². The molecule has 2 heteroatoms. The maximum absolute atomic E-state index is 11.9. The van der Waals surface area contributed by atoms with Crippen molar-refractivity contribution in [3.63, 3.8) is 0 Å². The van der Waals surface area contributed by atoms with Gasteiger partial charge >= 0.3 is 0 Å². The summed E-state index contributed by atoms with van der Waals surface area (Å²) in [6.07, 6.45) is 2.10. The van der Waals surface area contributed by atoms with Crippen molar-refractivity contribution < 1.29 is 4.79 Å². The van der Waals surface area contributed by atoms with Gasteiger partial charge in [-0.1, -0.05) is 29.8 Å². The number of piperidine rings is 1. The van der Waals surface area contributed by atoms with E-state index in [1.54, 1.807) is 0 Å². The fourth-order valence-corrected chi connectivity index (χ4v) is 2.14. The molecule has 1 aromatic carbocycles. The van der Waals surface area contributed by atoms with Crippen LogP contribution in [0.3, 0.4) is 0 Å². The lowest BCUT2D eigenvalue weighted by Crippen LogP contribution is -2.36. The Kier molecular flexibility index (Phi) is 2.76. The number of hydrogen-bond acceptors (Lipinski definition) is 1. The van der Waals surface area contributed by atoms with E-state index in [-0.39, 0.29) is 11.8 Å². The lowest BCUT2D eigenvalue weighted by atomic mass is 9.90. The van der Waals surface area contributed by atoms with Crippen molar-refractivity contribution in [3.8, 4) is 0 Å². The number of hydrogen-bond donors (Lipinski definition) is 0. The van der Waals surface area contributed by atoms with Crippen LogP contribution in [0.2, 0.25) is 0 Å². The van der Waals surface area contributed by atoms with Crippen LogP contribution in [0.5, 0.6) is 0 Å². The molecule has 1 fully saturated rings. The summed E-state index contributed by atoms with van der Waals surface area (Å²) in [5.74, 6) is 0.356. The first-order valence-electron chi connectivity index (χ1n) is 5.50. The smallest absolute Gasteiger partial charge is 0.229 e. The number of likely N-dealkylation sites (N-methyl/N-ethyl adjacent to an activating group) is 1. The Bertz CT molecular complexity index is 355. The van der Waals surface area contributed by atoms with Gasteiger partial charge in [-0.2, -0.15) is 0 Å². The molecule has 0 aromatic heterocycles. The van der Waals surface area contributed by atoms with Gasteiger partial charge in [0, 0.05) is 13.6 Å². The summed E-state index contributed by atoms with van der Waals surface area (Å²) in [4.78, 5) is 13.8. The summed E-state index contributed by atoms with van der Waals surface area (Å²) < 4.78 is 0. The predicted molar refractivity (Wildman–Crippen MR) is 60.8 cm³/mol. The monoisotopic (exact) mass is 203 g/mol. The molecule has 1 saturated heterocycles. The lowest BCUT2D eigenvalue weighted by Gasteiger charge is -2.29. The van der Waals surface area contributed by atoms with Gasteiger partial charge in [-0.25, -0.2) is 0 Å². The highest BCUT2D eigenvalue weighted by molar-refractivity contribution is 5.84. The minimum Gasteiger partial charge on any atom is -0.345 e. The quantitative estimate of drug-likeness (QED) is 0.686. The Balaban J connectivity index is 2.22. The molecule has 1 aromatic rings. The van der Waals surface area contributed by atoms with E-state index in [4.69, 9.17) is 0 Å². The maximum atomic E-state index is 11.9. The molecular weight excluding hydrogens is 186 g/mol. The number of benzene rings is 1. The van der Waals surface area contributed by atoms with Crippen LogP contribution in [0, 0.1) is 6.92 Å². The van der Waals surface area contributed by atoms with Gasteiger partial charge in [0.1, 0.15) is 0 Å². The summed E-state index contributed by atoms with van der Waals surface area (Å²) in [7, 11) is 1.89. The van der Waals surface area contributed by atoms with Crippen LogP contribution in [0.1, 0.15) is 29.9 Å². The zero-order chi connectivity index (χ0) is 10.8. The number of likely N-dealkylation sites (tertiary alicyclic amines) is 1. The standard InChI is InChI=1S/C13H17NO/c1-10-5-7-11(8-6-10)12-4-3-9-14(2)13(12)15/h5-8,12H,3-4,9H2,1-2H3. The molecule has 0 saturated carbocycles. The molecule has 2 nitrogen and oxygen atoms in total. The van der Waals surface area contributed by atoms with Crippen LogP contribution in [-0.4, -0.2) is 24.4 Å². The second kappa shape index (κ2) is 4.05. The van der Waals surface area contributed by atoms with Crippen molar-refractivity contribution in [1.82, 2.24) is 4.90 Å². The molecule has 1 heterocycles. The van der Waals surface area contributed by atoms with Crippen LogP contribution in [0.4, 0.5) is 0 Å². The van der Waals surface area contributed by atoms with E-state index in [0.29, 0.717) is 0 Å². The highest BCUT2D eigenvalue weighted by Crippen LogP contribution is 2.27.